The molecule has 0 atom stereocenters. The number of anilines is 1. The van der Waals surface area contributed by atoms with Crippen molar-refractivity contribution < 1.29 is 4.74 Å². The molecule has 0 saturated carbocycles. The van der Waals surface area contributed by atoms with Crippen molar-refractivity contribution in [2.24, 2.45) is 7.05 Å². The van der Waals surface area contributed by atoms with Gasteiger partial charge in [-0.25, -0.2) is 0 Å². The van der Waals surface area contributed by atoms with E-state index in [4.69, 9.17) is 10.5 Å². The summed E-state index contributed by atoms with van der Waals surface area (Å²) in [5.41, 5.74) is 8.54. The van der Waals surface area contributed by atoms with Crippen LogP contribution >= 0.6 is 0 Å². The number of hydrogen-bond acceptors (Lipinski definition) is 3. The van der Waals surface area contributed by atoms with Gasteiger partial charge in [-0.1, -0.05) is 13.0 Å². The summed E-state index contributed by atoms with van der Waals surface area (Å²) in [5, 5.41) is 4.37. The first-order valence-electron chi connectivity index (χ1n) is 5.69. The van der Waals surface area contributed by atoms with E-state index in [0.29, 0.717) is 12.3 Å². The van der Waals surface area contributed by atoms with E-state index in [0.717, 1.165) is 23.6 Å². The third kappa shape index (κ3) is 2.78. The Kier molecular flexibility index (Phi) is 3.32. The van der Waals surface area contributed by atoms with Crippen molar-refractivity contribution in [3.8, 4) is 5.75 Å². The van der Waals surface area contributed by atoms with Gasteiger partial charge in [0.05, 0.1) is 11.4 Å². The largest absolute Gasteiger partial charge is 0.487 e. The molecule has 0 amide bonds. The molecule has 17 heavy (non-hydrogen) atoms. The zero-order chi connectivity index (χ0) is 12.3. The molecule has 0 unspecified atom stereocenters. The second kappa shape index (κ2) is 4.91. The minimum Gasteiger partial charge on any atom is -0.487 e. The van der Waals surface area contributed by atoms with Gasteiger partial charge in [0.2, 0.25) is 0 Å². The van der Waals surface area contributed by atoms with Crippen LogP contribution in [0.3, 0.4) is 0 Å². The van der Waals surface area contributed by atoms with Crippen molar-refractivity contribution in [2.75, 3.05) is 5.73 Å². The van der Waals surface area contributed by atoms with Gasteiger partial charge in [-0.3, -0.25) is 4.68 Å². The summed E-state index contributed by atoms with van der Waals surface area (Å²) in [5.74, 6) is 0.782. The zero-order valence-corrected chi connectivity index (χ0v) is 10.2. The number of aromatic nitrogens is 2. The maximum Gasteiger partial charge on any atom is 0.130 e. The molecule has 4 heteroatoms. The highest BCUT2D eigenvalue weighted by molar-refractivity contribution is 5.43. The van der Waals surface area contributed by atoms with Crippen LogP contribution in [-0.4, -0.2) is 9.78 Å². The molecule has 90 valence electrons. The Morgan fingerprint density at radius 3 is 2.82 bits per heavy atom. The predicted octanol–water partition coefficient (Wildman–Crippen LogP) is 2.14. The van der Waals surface area contributed by atoms with Crippen LogP contribution in [0, 0.1) is 0 Å². The standard InChI is InChI=1S/C13H17N3O/c1-3-11-8-12(16(2)15-11)9-17-13-6-4-5-10(14)7-13/h4-8H,3,9,14H2,1-2H3. The summed E-state index contributed by atoms with van der Waals surface area (Å²) < 4.78 is 7.52. The smallest absolute Gasteiger partial charge is 0.130 e. The summed E-state index contributed by atoms with van der Waals surface area (Å²) in [7, 11) is 1.93. The molecule has 0 bridgehead atoms. The highest BCUT2D eigenvalue weighted by Crippen LogP contribution is 2.16. The number of benzene rings is 1. The van der Waals surface area contributed by atoms with Crippen LogP contribution in [0.2, 0.25) is 0 Å². The fraction of sp³-hybridized carbons (Fsp3) is 0.308. The van der Waals surface area contributed by atoms with Crippen molar-refractivity contribution in [2.45, 2.75) is 20.0 Å². The topological polar surface area (TPSA) is 53.1 Å². The van der Waals surface area contributed by atoms with E-state index in [9.17, 15) is 0 Å². The highest BCUT2D eigenvalue weighted by atomic mass is 16.5. The van der Waals surface area contributed by atoms with Gasteiger partial charge in [0.1, 0.15) is 12.4 Å². The Balaban J connectivity index is 2.04. The minimum absolute atomic E-state index is 0.507. The molecular formula is C13H17N3O. The normalized spacial score (nSPS) is 10.5. The van der Waals surface area contributed by atoms with Crippen LogP contribution in [0.25, 0.3) is 0 Å². The maximum absolute atomic E-state index is 5.69. The number of rotatable bonds is 4. The van der Waals surface area contributed by atoms with Gasteiger partial charge < -0.3 is 10.5 Å². The molecule has 2 aromatic rings. The number of nitrogen functional groups attached to an aromatic ring is 1. The molecule has 0 radical (unpaired) electrons. The third-order valence-corrected chi connectivity index (χ3v) is 2.63. The van der Waals surface area contributed by atoms with Gasteiger partial charge in [-0.15, -0.1) is 0 Å². The molecule has 0 spiro atoms. The van der Waals surface area contributed by atoms with Gasteiger partial charge in [0.25, 0.3) is 0 Å². The fourth-order valence-corrected chi connectivity index (χ4v) is 1.64. The molecule has 4 nitrogen and oxygen atoms in total. The maximum atomic E-state index is 5.69. The van der Waals surface area contributed by atoms with E-state index in [1.807, 2.05) is 36.0 Å². The molecule has 1 aromatic heterocycles. The molecule has 0 fully saturated rings. The van der Waals surface area contributed by atoms with E-state index in [2.05, 4.69) is 18.1 Å². The van der Waals surface area contributed by atoms with E-state index in [1.54, 1.807) is 0 Å². The number of nitrogens with two attached hydrogens (primary N) is 1. The van der Waals surface area contributed by atoms with Gasteiger partial charge in [0, 0.05) is 18.8 Å². The average Bonchev–Trinajstić information content (AvgIpc) is 2.68. The highest BCUT2D eigenvalue weighted by Gasteiger charge is 2.04. The Bertz CT molecular complexity index is 505. The lowest BCUT2D eigenvalue weighted by Crippen LogP contribution is -2.03. The fourth-order valence-electron chi connectivity index (χ4n) is 1.64. The molecule has 2 rings (SSSR count). The quantitative estimate of drug-likeness (QED) is 0.820. The van der Waals surface area contributed by atoms with Crippen molar-refractivity contribution in [3.05, 3.63) is 41.7 Å². The zero-order valence-electron chi connectivity index (χ0n) is 10.2. The molecule has 0 aliphatic rings. The first kappa shape index (κ1) is 11.5. The second-order valence-electron chi connectivity index (χ2n) is 3.97. The number of ether oxygens (including phenoxy) is 1. The lowest BCUT2D eigenvalue weighted by molar-refractivity contribution is 0.295. The molecule has 0 aliphatic carbocycles. The molecule has 0 saturated heterocycles. The van der Waals surface area contributed by atoms with Gasteiger partial charge in [-0.2, -0.15) is 5.10 Å². The van der Waals surface area contributed by atoms with E-state index in [1.165, 1.54) is 0 Å². The van der Waals surface area contributed by atoms with Crippen molar-refractivity contribution in [3.63, 3.8) is 0 Å². The Hall–Kier alpha value is -1.97. The molecule has 1 aromatic carbocycles. The van der Waals surface area contributed by atoms with Crippen LogP contribution in [0.4, 0.5) is 5.69 Å². The van der Waals surface area contributed by atoms with Crippen LogP contribution in [0.1, 0.15) is 18.3 Å². The van der Waals surface area contributed by atoms with Crippen LogP contribution in [0.15, 0.2) is 30.3 Å². The van der Waals surface area contributed by atoms with Crippen molar-refractivity contribution in [1.82, 2.24) is 9.78 Å². The predicted molar refractivity (Wildman–Crippen MR) is 67.8 cm³/mol. The summed E-state index contributed by atoms with van der Waals surface area (Å²) in [6.07, 6.45) is 0.937. The SMILES string of the molecule is CCc1cc(COc2cccc(N)c2)n(C)n1. The lowest BCUT2D eigenvalue weighted by Gasteiger charge is -2.06. The monoisotopic (exact) mass is 231 g/mol. The first-order chi connectivity index (χ1) is 8.19. The van der Waals surface area contributed by atoms with E-state index >= 15 is 0 Å². The first-order valence-corrected chi connectivity index (χ1v) is 5.69. The molecule has 2 N–H and O–H groups in total. The molecular weight excluding hydrogens is 214 g/mol. The Morgan fingerprint density at radius 1 is 1.35 bits per heavy atom. The lowest BCUT2D eigenvalue weighted by atomic mass is 10.3. The number of nitrogens with zero attached hydrogens (tertiary/aromatic N) is 2. The van der Waals surface area contributed by atoms with Crippen LogP contribution in [-0.2, 0) is 20.1 Å². The summed E-state index contributed by atoms with van der Waals surface area (Å²) in [6, 6.07) is 9.49. The van der Waals surface area contributed by atoms with Gasteiger partial charge >= 0.3 is 0 Å². The Labute approximate surface area is 101 Å². The number of aryl methyl sites for hydroxylation is 2. The average molecular weight is 231 g/mol. The van der Waals surface area contributed by atoms with Crippen molar-refractivity contribution in [1.29, 1.82) is 0 Å². The van der Waals surface area contributed by atoms with Crippen LogP contribution in [0.5, 0.6) is 5.75 Å². The number of hydrogen-bond donors (Lipinski definition) is 1. The molecule has 1 heterocycles. The second-order valence-corrected chi connectivity index (χ2v) is 3.97. The van der Waals surface area contributed by atoms with Crippen LogP contribution < -0.4 is 10.5 Å². The molecule has 0 aliphatic heterocycles. The summed E-state index contributed by atoms with van der Waals surface area (Å²) in [6.45, 7) is 2.60. The van der Waals surface area contributed by atoms with Gasteiger partial charge in [0.15, 0.2) is 0 Å². The minimum atomic E-state index is 0.507. The van der Waals surface area contributed by atoms with E-state index in [-0.39, 0.29) is 0 Å². The Morgan fingerprint density at radius 2 is 2.18 bits per heavy atom. The van der Waals surface area contributed by atoms with Gasteiger partial charge in [-0.05, 0) is 24.6 Å². The van der Waals surface area contributed by atoms with E-state index < -0.39 is 0 Å². The summed E-state index contributed by atoms with van der Waals surface area (Å²) >= 11 is 0. The van der Waals surface area contributed by atoms with Crippen molar-refractivity contribution >= 4 is 5.69 Å². The summed E-state index contributed by atoms with van der Waals surface area (Å²) in [4.78, 5) is 0. The third-order valence-electron chi connectivity index (χ3n) is 2.63.